The molecule has 2 rings (SSSR count). The minimum absolute atomic E-state index is 0.0668. The Morgan fingerprint density at radius 3 is 2.59 bits per heavy atom. The first-order valence-electron chi connectivity index (χ1n) is 6.62. The Kier molecular flexibility index (Phi) is 5.85. The Hall–Kier alpha value is -2.47. The Morgan fingerprint density at radius 2 is 1.86 bits per heavy atom. The highest BCUT2D eigenvalue weighted by atomic mass is 32.2. The van der Waals surface area contributed by atoms with Gasteiger partial charge in [0.25, 0.3) is 5.91 Å². The monoisotopic (exact) mass is 316 g/mol. The van der Waals surface area contributed by atoms with Gasteiger partial charge >= 0.3 is 0 Å². The maximum atomic E-state index is 11.8. The molecule has 2 aromatic carbocycles. The molecule has 2 amide bonds. The van der Waals surface area contributed by atoms with Crippen LogP contribution in [0, 0.1) is 0 Å². The summed E-state index contributed by atoms with van der Waals surface area (Å²) < 4.78 is 5.37. The van der Waals surface area contributed by atoms with Gasteiger partial charge in [0.05, 0.1) is 5.75 Å². The number of amides is 2. The van der Waals surface area contributed by atoms with E-state index in [9.17, 15) is 9.59 Å². The van der Waals surface area contributed by atoms with E-state index < -0.39 is 0 Å². The fraction of sp³-hybridized carbons (Fsp3) is 0.125. The molecule has 0 aliphatic rings. The largest absolute Gasteiger partial charge is 0.484 e. The summed E-state index contributed by atoms with van der Waals surface area (Å²) in [5.41, 5.74) is 5.76. The van der Waals surface area contributed by atoms with Crippen LogP contribution in [-0.2, 0) is 9.59 Å². The van der Waals surface area contributed by atoms with Crippen LogP contribution in [-0.4, -0.2) is 24.2 Å². The Balaban J connectivity index is 1.85. The topological polar surface area (TPSA) is 81.4 Å². The van der Waals surface area contributed by atoms with E-state index >= 15 is 0 Å². The zero-order valence-electron chi connectivity index (χ0n) is 11.8. The van der Waals surface area contributed by atoms with Crippen LogP contribution in [0.5, 0.6) is 5.75 Å². The van der Waals surface area contributed by atoms with Crippen LogP contribution in [0.15, 0.2) is 59.5 Å². The van der Waals surface area contributed by atoms with Gasteiger partial charge in [-0.1, -0.05) is 24.3 Å². The molecule has 114 valence electrons. The predicted molar refractivity (Wildman–Crippen MR) is 86.9 cm³/mol. The number of carbonyl (C=O) groups is 2. The number of nitrogens with two attached hydrogens (primary N) is 1. The van der Waals surface area contributed by atoms with Crippen molar-refractivity contribution in [1.82, 2.24) is 0 Å². The van der Waals surface area contributed by atoms with Gasteiger partial charge in [-0.15, -0.1) is 11.8 Å². The SMILES string of the molecule is NC(=O)CSc1cccc(NC(=O)COc2ccccc2)c1. The van der Waals surface area contributed by atoms with E-state index in [2.05, 4.69) is 5.32 Å². The molecule has 0 atom stereocenters. The summed E-state index contributed by atoms with van der Waals surface area (Å²) in [7, 11) is 0. The molecule has 3 N–H and O–H groups in total. The average molecular weight is 316 g/mol. The third-order valence-electron chi connectivity index (χ3n) is 2.61. The van der Waals surface area contributed by atoms with Crippen LogP contribution in [0.2, 0.25) is 0 Å². The van der Waals surface area contributed by atoms with Crippen molar-refractivity contribution in [2.24, 2.45) is 5.73 Å². The van der Waals surface area contributed by atoms with Gasteiger partial charge in [-0.3, -0.25) is 9.59 Å². The number of ether oxygens (including phenoxy) is 1. The normalized spacial score (nSPS) is 10.0. The maximum Gasteiger partial charge on any atom is 0.262 e. The van der Waals surface area contributed by atoms with Gasteiger partial charge in [0, 0.05) is 10.6 Å². The standard InChI is InChI=1S/C16H16N2O3S/c17-15(19)11-22-14-8-4-5-12(9-14)18-16(20)10-21-13-6-2-1-3-7-13/h1-9H,10-11H2,(H2,17,19)(H,18,20). The second kappa shape index (κ2) is 8.09. The van der Waals surface area contributed by atoms with Crippen molar-refractivity contribution < 1.29 is 14.3 Å². The summed E-state index contributed by atoms with van der Waals surface area (Å²) >= 11 is 1.32. The fourth-order valence-electron chi connectivity index (χ4n) is 1.68. The lowest BCUT2D eigenvalue weighted by Gasteiger charge is -2.08. The third kappa shape index (κ3) is 5.49. The van der Waals surface area contributed by atoms with Crippen LogP contribution >= 0.6 is 11.8 Å². The van der Waals surface area contributed by atoms with E-state index in [4.69, 9.17) is 10.5 Å². The summed E-state index contributed by atoms with van der Waals surface area (Å²) in [5, 5.41) is 2.75. The molecule has 6 heteroatoms. The molecular formula is C16H16N2O3S. The number of anilines is 1. The van der Waals surface area contributed by atoms with E-state index in [-0.39, 0.29) is 24.2 Å². The van der Waals surface area contributed by atoms with Gasteiger partial charge in [0.15, 0.2) is 6.61 Å². The van der Waals surface area contributed by atoms with Crippen molar-refractivity contribution >= 4 is 29.3 Å². The quantitative estimate of drug-likeness (QED) is 0.768. The summed E-state index contributed by atoms with van der Waals surface area (Å²) in [4.78, 5) is 23.5. The Bertz CT molecular complexity index is 647. The molecule has 0 spiro atoms. The number of rotatable bonds is 7. The number of thioether (sulfide) groups is 1. The lowest BCUT2D eigenvalue weighted by atomic mass is 10.3. The van der Waals surface area contributed by atoms with Gasteiger partial charge < -0.3 is 15.8 Å². The molecule has 0 radical (unpaired) electrons. The van der Waals surface area contributed by atoms with Crippen LogP contribution in [0.3, 0.4) is 0 Å². The molecule has 0 saturated heterocycles. The van der Waals surface area contributed by atoms with Crippen LogP contribution < -0.4 is 15.8 Å². The Labute approximate surface area is 132 Å². The highest BCUT2D eigenvalue weighted by Gasteiger charge is 2.05. The molecule has 0 saturated carbocycles. The van der Waals surface area contributed by atoms with E-state index in [0.29, 0.717) is 11.4 Å². The van der Waals surface area contributed by atoms with Crippen LogP contribution in [0.4, 0.5) is 5.69 Å². The molecule has 0 aliphatic carbocycles. The summed E-state index contributed by atoms with van der Waals surface area (Å²) in [6.07, 6.45) is 0. The molecule has 22 heavy (non-hydrogen) atoms. The first-order chi connectivity index (χ1) is 10.6. The molecular weight excluding hydrogens is 300 g/mol. The predicted octanol–water partition coefficient (Wildman–Crippen LogP) is 2.28. The van der Waals surface area contributed by atoms with Crippen molar-refractivity contribution in [2.75, 3.05) is 17.7 Å². The van der Waals surface area contributed by atoms with Gasteiger partial charge in [-0.2, -0.15) is 0 Å². The minimum Gasteiger partial charge on any atom is -0.484 e. The van der Waals surface area contributed by atoms with E-state index in [1.807, 2.05) is 24.3 Å². The lowest BCUT2D eigenvalue weighted by molar-refractivity contribution is -0.118. The van der Waals surface area contributed by atoms with Crippen LogP contribution in [0.1, 0.15) is 0 Å². The number of carbonyl (C=O) groups excluding carboxylic acids is 2. The lowest BCUT2D eigenvalue weighted by Crippen LogP contribution is -2.20. The number of benzene rings is 2. The van der Waals surface area contributed by atoms with Crippen molar-refractivity contribution in [3.05, 3.63) is 54.6 Å². The van der Waals surface area contributed by atoms with Crippen molar-refractivity contribution in [1.29, 1.82) is 0 Å². The molecule has 0 aromatic heterocycles. The third-order valence-corrected chi connectivity index (χ3v) is 3.63. The number of para-hydroxylation sites is 1. The number of primary amides is 1. The molecule has 5 nitrogen and oxygen atoms in total. The number of hydrogen-bond acceptors (Lipinski definition) is 4. The Morgan fingerprint density at radius 1 is 1.09 bits per heavy atom. The molecule has 0 heterocycles. The van der Waals surface area contributed by atoms with Gasteiger partial charge in [-0.05, 0) is 30.3 Å². The van der Waals surface area contributed by atoms with E-state index in [0.717, 1.165) is 4.90 Å². The number of nitrogens with one attached hydrogen (secondary N) is 1. The summed E-state index contributed by atoms with van der Waals surface area (Å²) in [5.74, 6) is 0.217. The molecule has 0 aliphatic heterocycles. The molecule has 0 bridgehead atoms. The van der Waals surface area contributed by atoms with Crippen LogP contribution in [0.25, 0.3) is 0 Å². The molecule has 2 aromatic rings. The molecule has 0 fully saturated rings. The maximum absolute atomic E-state index is 11.8. The minimum atomic E-state index is -0.379. The van der Waals surface area contributed by atoms with E-state index in [1.54, 1.807) is 30.3 Å². The second-order valence-electron chi connectivity index (χ2n) is 4.43. The van der Waals surface area contributed by atoms with Crippen molar-refractivity contribution in [2.45, 2.75) is 4.90 Å². The summed E-state index contributed by atoms with van der Waals surface area (Å²) in [6.45, 7) is -0.0668. The average Bonchev–Trinajstić information content (AvgIpc) is 2.52. The highest BCUT2D eigenvalue weighted by molar-refractivity contribution is 8.00. The number of hydrogen-bond donors (Lipinski definition) is 2. The van der Waals surface area contributed by atoms with Crippen molar-refractivity contribution in [3.8, 4) is 5.75 Å². The van der Waals surface area contributed by atoms with Gasteiger partial charge in [0.2, 0.25) is 5.91 Å². The van der Waals surface area contributed by atoms with Gasteiger partial charge in [-0.25, -0.2) is 0 Å². The zero-order valence-corrected chi connectivity index (χ0v) is 12.6. The van der Waals surface area contributed by atoms with Gasteiger partial charge in [0.1, 0.15) is 5.75 Å². The zero-order chi connectivity index (χ0) is 15.8. The van der Waals surface area contributed by atoms with E-state index in [1.165, 1.54) is 11.8 Å². The van der Waals surface area contributed by atoms with Crippen molar-refractivity contribution in [3.63, 3.8) is 0 Å². The molecule has 0 unspecified atom stereocenters. The first-order valence-corrected chi connectivity index (χ1v) is 7.61. The second-order valence-corrected chi connectivity index (χ2v) is 5.48. The summed E-state index contributed by atoms with van der Waals surface area (Å²) in [6, 6.07) is 16.3. The fourth-order valence-corrected chi connectivity index (χ4v) is 2.37. The first kappa shape index (κ1) is 15.9. The smallest absolute Gasteiger partial charge is 0.262 e. The highest BCUT2D eigenvalue weighted by Crippen LogP contribution is 2.21.